The van der Waals surface area contributed by atoms with Gasteiger partial charge in [-0.1, -0.05) is 24.9 Å². The summed E-state index contributed by atoms with van der Waals surface area (Å²) < 4.78 is 0. The predicted octanol–water partition coefficient (Wildman–Crippen LogP) is 2.38. The molecule has 0 aromatic heterocycles. The van der Waals surface area contributed by atoms with E-state index in [0.717, 1.165) is 32.1 Å². The van der Waals surface area contributed by atoms with Gasteiger partial charge in [0.05, 0.1) is 0 Å². The van der Waals surface area contributed by atoms with E-state index in [4.69, 9.17) is 5.53 Å². The molecule has 0 heterocycles. The highest BCUT2D eigenvalue weighted by atomic mass is 16.2. The van der Waals surface area contributed by atoms with Crippen LogP contribution in [-0.4, -0.2) is 19.0 Å². The molecule has 0 aromatic carbocycles. The highest BCUT2D eigenvalue weighted by molar-refractivity contribution is 5.82. The molecule has 1 aliphatic carbocycles. The Bertz CT molecular complexity index is 265. The second-order valence-electron chi connectivity index (χ2n) is 4.05. The van der Waals surface area contributed by atoms with Gasteiger partial charge in [-0.15, -0.1) is 0 Å². The Morgan fingerprint density at radius 1 is 1.53 bits per heavy atom. The van der Waals surface area contributed by atoms with Crippen molar-refractivity contribution in [2.45, 2.75) is 39.0 Å². The Kier molecular flexibility index (Phi) is 4.43. The zero-order valence-electron chi connectivity index (χ0n) is 9.20. The van der Waals surface area contributed by atoms with Crippen LogP contribution in [0.5, 0.6) is 0 Å². The summed E-state index contributed by atoms with van der Waals surface area (Å²) in [6, 6.07) is 0. The maximum Gasteiger partial charge on any atom is 0.226 e. The van der Waals surface area contributed by atoms with Gasteiger partial charge in [-0.05, 0) is 24.8 Å². The molecule has 0 radical (unpaired) electrons. The van der Waals surface area contributed by atoms with Crippen molar-refractivity contribution in [2.24, 2.45) is 10.5 Å². The first-order chi connectivity index (χ1) is 7.25. The molecule has 5 nitrogen and oxygen atoms in total. The molecule has 1 amide bonds. The lowest BCUT2D eigenvalue weighted by Gasteiger charge is -2.25. The number of nitrogens with one attached hydrogen (secondary N) is 1. The number of nitrogens with zero attached hydrogens (tertiary/aromatic N) is 3. The van der Waals surface area contributed by atoms with Crippen molar-refractivity contribution >= 4 is 5.91 Å². The average Bonchev–Trinajstić information content (AvgIpc) is 2.74. The molecule has 0 aromatic rings. The molecule has 1 rings (SSSR count). The number of azide groups is 1. The lowest BCUT2D eigenvalue weighted by Crippen LogP contribution is -2.39. The highest BCUT2D eigenvalue weighted by Crippen LogP contribution is 2.40. The van der Waals surface area contributed by atoms with Gasteiger partial charge in [0.2, 0.25) is 5.91 Å². The van der Waals surface area contributed by atoms with Gasteiger partial charge in [-0.25, -0.2) is 0 Å². The average molecular weight is 210 g/mol. The van der Waals surface area contributed by atoms with Crippen molar-refractivity contribution in [1.29, 1.82) is 0 Å². The topological polar surface area (TPSA) is 77.9 Å². The number of rotatable bonds is 5. The van der Waals surface area contributed by atoms with Crippen LogP contribution >= 0.6 is 0 Å². The second kappa shape index (κ2) is 5.61. The molecule has 1 saturated carbocycles. The largest absolute Gasteiger partial charge is 0.355 e. The van der Waals surface area contributed by atoms with E-state index in [2.05, 4.69) is 22.3 Å². The third-order valence-corrected chi connectivity index (χ3v) is 3.28. The third-order valence-electron chi connectivity index (χ3n) is 3.28. The van der Waals surface area contributed by atoms with Crippen LogP contribution in [0.25, 0.3) is 10.4 Å². The van der Waals surface area contributed by atoms with Crippen molar-refractivity contribution < 1.29 is 4.79 Å². The molecule has 1 fully saturated rings. The van der Waals surface area contributed by atoms with Crippen molar-refractivity contribution in [3.05, 3.63) is 10.4 Å². The van der Waals surface area contributed by atoms with Crippen LogP contribution in [0, 0.1) is 5.41 Å². The lowest BCUT2D eigenvalue weighted by atomic mass is 9.82. The minimum atomic E-state index is -0.143. The standard InChI is InChI=1S/C10H18N4O/c1-2-10(5-3-4-6-10)9(15)12-7-8-13-14-11/h2-8H2,1H3,(H,12,15). The van der Waals surface area contributed by atoms with Gasteiger partial charge in [0, 0.05) is 23.4 Å². The summed E-state index contributed by atoms with van der Waals surface area (Å²) in [6.45, 7) is 2.85. The normalized spacial score (nSPS) is 18.2. The molecular weight excluding hydrogens is 192 g/mol. The van der Waals surface area contributed by atoms with Gasteiger partial charge in [-0.3, -0.25) is 4.79 Å². The second-order valence-corrected chi connectivity index (χ2v) is 4.05. The summed E-state index contributed by atoms with van der Waals surface area (Å²) in [5.74, 6) is 0.135. The summed E-state index contributed by atoms with van der Waals surface area (Å²) >= 11 is 0. The van der Waals surface area contributed by atoms with Gasteiger partial charge in [0.15, 0.2) is 0 Å². The van der Waals surface area contributed by atoms with E-state index >= 15 is 0 Å². The number of carbonyl (C=O) groups is 1. The van der Waals surface area contributed by atoms with Crippen molar-refractivity contribution in [3.63, 3.8) is 0 Å². The Morgan fingerprint density at radius 3 is 2.73 bits per heavy atom. The van der Waals surface area contributed by atoms with Crippen molar-refractivity contribution in [3.8, 4) is 0 Å². The van der Waals surface area contributed by atoms with Crippen molar-refractivity contribution in [1.82, 2.24) is 5.32 Å². The van der Waals surface area contributed by atoms with Gasteiger partial charge in [-0.2, -0.15) is 0 Å². The van der Waals surface area contributed by atoms with E-state index in [1.807, 2.05) is 0 Å². The van der Waals surface area contributed by atoms with Crippen LogP contribution in [0.1, 0.15) is 39.0 Å². The maximum absolute atomic E-state index is 11.9. The van der Waals surface area contributed by atoms with Crippen LogP contribution < -0.4 is 5.32 Å². The first-order valence-electron chi connectivity index (χ1n) is 5.54. The molecular formula is C10H18N4O. The van der Waals surface area contributed by atoms with Gasteiger partial charge < -0.3 is 5.32 Å². The summed E-state index contributed by atoms with van der Waals surface area (Å²) in [4.78, 5) is 14.6. The first-order valence-corrected chi connectivity index (χ1v) is 5.54. The Morgan fingerprint density at radius 2 is 2.20 bits per heavy atom. The highest BCUT2D eigenvalue weighted by Gasteiger charge is 2.38. The van der Waals surface area contributed by atoms with E-state index in [9.17, 15) is 4.79 Å². The zero-order chi connectivity index (χ0) is 11.1. The molecule has 0 unspecified atom stereocenters. The quantitative estimate of drug-likeness (QED) is 0.321. The van der Waals surface area contributed by atoms with Crippen LogP contribution in [0.15, 0.2) is 5.11 Å². The van der Waals surface area contributed by atoms with E-state index in [-0.39, 0.29) is 11.3 Å². The maximum atomic E-state index is 11.9. The summed E-state index contributed by atoms with van der Waals surface area (Å²) in [6.07, 6.45) is 5.20. The smallest absolute Gasteiger partial charge is 0.226 e. The fourth-order valence-electron chi connectivity index (χ4n) is 2.24. The van der Waals surface area contributed by atoms with E-state index in [0.29, 0.717) is 13.1 Å². The number of carbonyl (C=O) groups excluding carboxylic acids is 1. The minimum Gasteiger partial charge on any atom is -0.355 e. The van der Waals surface area contributed by atoms with E-state index in [1.54, 1.807) is 0 Å². The lowest BCUT2D eigenvalue weighted by molar-refractivity contribution is -0.130. The molecule has 0 spiro atoms. The fourth-order valence-corrected chi connectivity index (χ4v) is 2.24. The molecule has 1 aliphatic rings. The van der Waals surface area contributed by atoms with Gasteiger partial charge >= 0.3 is 0 Å². The van der Waals surface area contributed by atoms with Crippen molar-refractivity contribution in [2.75, 3.05) is 13.1 Å². The number of hydrogen-bond acceptors (Lipinski definition) is 2. The molecule has 0 aliphatic heterocycles. The SMILES string of the molecule is CCC1(C(=O)NCCN=[N+]=[N-])CCCC1. The van der Waals surface area contributed by atoms with Crippen LogP contribution in [0.2, 0.25) is 0 Å². The molecule has 0 saturated heterocycles. The predicted molar refractivity (Wildman–Crippen MR) is 58.2 cm³/mol. The van der Waals surface area contributed by atoms with Crippen LogP contribution in [0.4, 0.5) is 0 Å². The minimum absolute atomic E-state index is 0.135. The van der Waals surface area contributed by atoms with E-state index in [1.165, 1.54) is 0 Å². The third kappa shape index (κ3) is 2.86. The molecule has 5 heteroatoms. The fraction of sp³-hybridized carbons (Fsp3) is 0.900. The molecule has 0 atom stereocenters. The Hall–Kier alpha value is -1.22. The number of hydrogen-bond donors (Lipinski definition) is 1. The first kappa shape index (κ1) is 11.9. The monoisotopic (exact) mass is 210 g/mol. The number of amides is 1. The summed E-state index contributed by atoms with van der Waals surface area (Å²) in [5, 5.41) is 6.23. The van der Waals surface area contributed by atoms with Gasteiger partial charge in [0.25, 0.3) is 0 Å². The Labute approximate surface area is 89.9 Å². The molecule has 1 N–H and O–H groups in total. The molecule has 0 bridgehead atoms. The van der Waals surface area contributed by atoms with Crippen LogP contribution in [-0.2, 0) is 4.79 Å². The van der Waals surface area contributed by atoms with Crippen LogP contribution in [0.3, 0.4) is 0 Å². The summed E-state index contributed by atoms with van der Waals surface area (Å²) in [5.41, 5.74) is 7.94. The molecule has 84 valence electrons. The molecule has 15 heavy (non-hydrogen) atoms. The zero-order valence-corrected chi connectivity index (χ0v) is 9.20. The van der Waals surface area contributed by atoms with Gasteiger partial charge in [0.1, 0.15) is 0 Å². The van der Waals surface area contributed by atoms with E-state index < -0.39 is 0 Å². The Balaban J connectivity index is 2.40. The summed E-state index contributed by atoms with van der Waals surface area (Å²) in [7, 11) is 0.